The fourth-order valence-electron chi connectivity index (χ4n) is 1.57. The van der Waals surface area contributed by atoms with Gasteiger partial charge in [-0.25, -0.2) is 4.79 Å². The fourth-order valence-corrected chi connectivity index (χ4v) is 2.77. The average molecular weight is 301 g/mol. The molecule has 8 heteroatoms. The van der Waals surface area contributed by atoms with Crippen LogP contribution in [0.5, 0.6) is 0 Å². The zero-order valence-electron chi connectivity index (χ0n) is 11.7. The molecular formula is C12H19N3O4S. The first-order valence-electron chi connectivity index (χ1n) is 6.18. The molecule has 2 atom stereocenters. The van der Waals surface area contributed by atoms with E-state index in [1.54, 1.807) is 16.9 Å². The van der Waals surface area contributed by atoms with E-state index in [1.807, 2.05) is 13.8 Å². The molecule has 0 saturated heterocycles. The Morgan fingerprint density at radius 3 is 2.60 bits per heavy atom. The zero-order chi connectivity index (χ0) is 15.3. The minimum Gasteiger partial charge on any atom is -0.480 e. The van der Waals surface area contributed by atoms with Crippen LogP contribution in [0.3, 0.4) is 0 Å². The van der Waals surface area contributed by atoms with E-state index >= 15 is 0 Å². The van der Waals surface area contributed by atoms with Gasteiger partial charge in [0.2, 0.25) is 5.91 Å². The van der Waals surface area contributed by atoms with Crippen LogP contribution in [0.4, 0.5) is 0 Å². The van der Waals surface area contributed by atoms with Gasteiger partial charge < -0.3 is 10.4 Å². The Kier molecular flexibility index (Phi) is 5.87. The molecule has 1 rings (SSSR count). The summed E-state index contributed by atoms with van der Waals surface area (Å²) in [5.41, 5.74) is 0.643. The number of amides is 1. The molecular weight excluding hydrogens is 282 g/mol. The van der Waals surface area contributed by atoms with Gasteiger partial charge in [0.25, 0.3) is 0 Å². The number of hydrogen-bond donors (Lipinski definition) is 2. The molecule has 0 fully saturated rings. The summed E-state index contributed by atoms with van der Waals surface area (Å²) >= 11 is 0. The molecule has 7 nitrogen and oxygen atoms in total. The molecule has 0 aliphatic heterocycles. The number of carboxylic acids is 1. The molecule has 1 aromatic rings. The maximum atomic E-state index is 11.9. The molecule has 1 aromatic heterocycles. The van der Waals surface area contributed by atoms with Crippen molar-refractivity contribution in [1.82, 2.24) is 15.1 Å². The van der Waals surface area contributed by atoms with Crippen molar-refractivity contribution in [2.24, 2.45) is 0 Å². The highest BCUT2D eigenvalue weighted by molar-refractivity contribution is 7.84. The van der Waals surface area contributed by atoms with Crippen LogP contribution in [0.25, 0.3) is 0 Å². The highest BCUT2D eigenvalue weighted by Gasteiger charge is 2.21. The molecule has 112 valence electrons. The van der Waals surface area contributed by atoms with E-state index < -0.39 is 28.7 Å². The second-order valence-electron chi connectivity index (χ2n) is 4.72. The quantitative estimate of drug-likeness (QED) is 0.754. The first kappa shape index (κ1) is 16.4. The predicted octanol–water partition coefficient (Wildman–Crippen LogP) is 0.302. The van der Waals surface area contributed by atoms with Gasteiger partial charge >= 0.3 is 5.97 Å². The Bertz CT molecular complexity index is 513. The zero-order valence-corrected chi connectivity index (χ0v) is 12.5. The number of carbonyl (C=O) groups is 2. The molecule has 2 N–H and O–H groups in total. The first-order valence-corrected chi connectivity index (χ1v) is 7.67. The predicted molar refractivity (Wildman–Crippen MR) is 74.6 cm³/mol. The Morgan fingerprint density at radius 2 is 2.15 bits per heavy atom. The van der Waals surface area contributed by atoms with E-state index in [0.29, 0.717) is 5.69 Å². The third kappa shape index (κ3) is 5.12. The van der Waals surface area contributed by atoms with Crippen molar-refractivity contribution in [3.63, 3.8) is 0 Å². The molecule has 1 heterocycles. The fraction of sp³-hybridized carbons (Fsp3) is 0.583. The van der Waals surface area contributed by atoms with Gasteiger partial charge in [-0.3, -0.25) is 13.7 Å². The van der Waals surface area contributed by atoms with Gasteiger partial charge in [0, 0.05) is 30.0 Å². The largest absolute Gasteiger partial charge is 0.480 e. The lowest BCUT2D eigenvalue weighted by Crippen LogP contribution is -2.43. The van der Waals surface area contributed by atoms with E-state index in [9.17, 15) is 13.8 Å². The van der Waals surface area contributed by atoms with Gasteiger partial charge in [-0.1, -0.05) is 0 Å². The minimum absolute atomic E-state index is 0.135. The molecule has 0 radical (unpaired) electrons. The van der Waals surface area contributed by atoms with Crippen LogP contribution in [0.1, 0.15) is 32.5 Å². The van der Waals surface area contributed by atoms with Crippen LogP contribution in [0.2, 0.25) is 0 Å². The average Bonchev–Trinajstić information content (AvgIpc) is 2.75. The molecule has 1 unspecified atom stereocenters. The van der Waals surface area contributed by atoms with Crippen molar-refractivity contribution < 1.29 is 18.9 Å². The van der Waals surface area contributed by atoms with E-state index in [-0.39, 0.29) is 17.5 Å². The van der Waals surface area contributed by atoms with Gasteiger partial charge in [-0.15, -0.1) is 0 Å². The molecule has 0 spiro atoms. The highest BCUT2D eigenvalue weighted by Crippen LogP contribution is 2.07. The van der Waals surface area contributed by atoms with Gasteiger partial charge in [-0.05, 0) is 19.9 Å². The van der Waals surface area contributed by atoms with Crippen molar-refractivity contribution in [1.29, 1.82) is 0 Å². The Labute approximate surface area is 119 Å². The van der Waals surface area contributed by atoms with Crippen molar-refractivity contribution in [2.45, 2.75) is 38.6 Å². The monoisotopic (exact) mass is 301 g/mol. The van der Waals surface area contributed by atoms with Crippen molar-refractivity contribution >= 4 is 22.7 Å². The van der Waals surface area contributed by atoms with Crippen molar-refractivity contribution in [2.75, 3.05) is 5.75 Å². The van der Waals surface area contributed by atoms with E-state index in [4.69, 9.17) is 5.11 Å². The molecule has 0 aliphatic rings. The molecule has 20 heavy (non-hydrogen) atoms. The van der Waals surface area contributed by atoms with E-state index in [0.717, 1.165) is 0 Å². The summed E-state index contributed by atoms with van der Waals surface area (Å²) in [7, 11) is -1.41. The third-order valence-corrected chi connectivity index (χ3v) is 3.85. The van der Waals surface area contributed by atoms with Gasteiger partial charge in [0.05, 0.1) is 17.2 Å². The van der Waals surface area contributed by atoms with Gasteiger partial charge in [0.15, 0.2) is 0 Å². The summed E-state index contributed by atoms with van der Waals surface area (Å²) in [6.07, 6.45) is 1.79. The van der Waals surface area contributed by atoms with Gasteiger partial charge in [-0.2, -0.15) is 5.10 Å². The summed E-state index contributed by atoms with van der Waals surface area (Å²) in [6.45, 7) is 5.18. The lowest BCUT2D eigenvalue weighted by molar-refractivity contribution is -0.140. The Morgan fingerprint density at radius 1 is 1.50 bits per heavy atom. The maximum absolute atomic E-state index is 11.9. The second-order valence-corrected chi connectivity index (χ2v) is 6.22. The molecule has 0 aliphatic carbocycles. The number of nitrogens with one attached hydrogen (secondary N) is 1. The van der Waals surface area contributed by atoms with Crippen LogP contribution in [-0.2, 0) is 26.1 Å². The van der Waals surface area contributed by atoms with Gasteiger partial charge in [0.1, 0.15) is 6.04 Å². The Hall–Kier alpha value is -1.70. The molecule has 0 aromatic carbocycles. The van der Waals surface area contributed by atoms with Crippen molar-refractivity contribution in [3.05, 3.63) is 18.0 Å². The minimum atomic E-state index is -1.41. The SMILES string of the molecule is CC(=O)N[C@@H](CS(=O)Cc1ccn(C(C)C)n1)C(=O)O. The van der Waals surface area contributed by atoms with Crippen LogP contribution in [0.15, 0.2) is 12.3 Å². The summed E-state index contributed by atoms with van der Waals surface area (Å²) in [6, 6.07) is 0.829. The molecule has 0 bridgehead atoms. The standard InChI is InChI=1S/C12H19N3O4S/c1-8(2)15-5-4-10(14-15)6-20(19)7-11(12(17)18)13-9(3)16/h4-5,8,11H,6-7H2,1-3H3,(H,13,16)(H,17,18)/t11-,20?/m0/s1. The number of aromatic nitrogens is 2. The van der Waals surface area contributed by atoms with Crippen LogP contribution in [-0.4, -0.2) is 42.8 Å². The normalized spacial score (nSPS) is 14.0. The van der Waals surface area contributed by atoms with Crippen LogP contribution in [0, 0.1) is 0 Å². The number of carbonyl (C=O) groups excluding carboxylic acids is 1. The molecule has 0 saturated carbocycles. The summed E-state index contributed by atoms with van der Waals surface area (Å²) in [4.78, 5) is 21.8. The number of rotatable bonds is 7. The Balaban J connectivity index is 2.60. The lowest BCUT2D eigenvalue weighted by atomic mass is 10.3. The smallest absolute Gasteiger partial charge is 0.327 e. The van der Waals surface area contributed by atoms with Crippen molar-refractivity contribution in [3.8, 4) is 0 Å². The summed E-state index contributed by atoms with van der Waals surface area (Å²) < 4.78 is 13.7. The number of carboxylic acid groups (broad SMARTS) is 1. The lowest BCUT2D eigenvalue weighted by Gasteiger charge is -2.12. The number of aliphatic carboxylic acids is 1. The highest BCUT2D eigenvalue weighted by atomic mass is 32.2. The van der Waals surface area contributed by atoms with Crippen LogP contribution >= 0.6 is 0 Å². The number of hydrogen-bond acceptors (Lipinski definition) is 4. The molecule has 1 amide bonds. The summed E-state index contributed by atoms with van der Waals surface area (Å²) in [5, 5.41) is 15.5. The van der Waals surface area contributed by atoms with Crippen LogP contribution < -0.4 is 5.32 Å². The second kappa shape index (κ2) is 7.18. The number of nitrogens with zero attached hydrogens (tertiary/aromatic N) is 2. The third-order valence-electron chi connectivity index (χ3n) is 2.53. The topological polar surface area (TPSA) is 101 Å². The first-order chi connectivity index (χ1) is 9.29. The maximum Gasteiger partial charge on any atom is 0.327 e. The summed E-state index contributed by atoms with van der Waals surface area (Å²) in [5.74, 6) is -1.62. The van der Waals surface area contributed by atoms with E-state index in [2.05, 4.69) is 10.4 Å². The van der Waals surface area contributed by atoms with E-state index in [1.165, 1.54) is 6.92 Å².